The van der Waals surface area contributed by atoms with E-state index in [1.54, 1.807) is 5.92 Å². The molecule has 1 aliphatic rings. The van der Waals surface area contributed by atoms with Crippen molar-refractivity contribution in [2.75, 3.05) is 0 Å². The normalized spacial score (nSPS) is 17.9. The lowest BCUT2D eigenvalue weighted by Gasteiger charge is -2.09. The molecule has 0 amide bonds. The standard InChI is InChI=1S/C12H14Br/c13-12-8-4-3-7-11(12)9-10-5-1-2-6-10/h3-4,7-8H,1-2,5-6,9H2. The molecule has 1 aromatic carbocycles. The molecule has 1 aromatic rings. The Morgan fingerprint density at radius 3 is 2.46 bits per heavy atom. The summed E-state index contributed by atoms with van der Waals surface area (Å²) in [6.45, 7) is 0. The van der Waals surface area contributed by atoms with E-state index >= 15 is 0 Å². The molecule has 1 radical (unpaired) electrons. The van der Waals surface area contributed by atoms with E-state index in [4.69, 9.17) is 0 Å². The Morgan fingerprint density at radius 2 is 1.77 bits per heavy atom. The number of benzene rings is 1. The zero-order chi connectivity index (χ0) is 9.10. The van der Waals surface area contributed by atoms with E-state index in [0.717, 1.165) is 0 Å². The van der Waals surface area contributed by atoms with Crippen molar-refractivity contribution in [1.82, 2.24) is 0 Å². The third kappa shape index (κ3) is 2.34. The maximum Gasteiger partial charge on any atom is 0.0207 e. The lowest BCUT2D eigenvalue weighted by molar-refractivity contribution is 0.835. The van der Waals surface area contributed by atoms with E-state index in [9.17, 15) is 0 Å². The van der Waals surface area contributed by atoms with Crippen molar-refractivity contribution in [3.8, 4) is 0 Å². The van der Waals surface area contributed by atoms with Gasteiger partial charge in [-0.25, -0.2) is 0 Å². The molecule has 2 rings (SSSR count). The monoisotopic (exact) mass is 237 g/mol. The van der Waals surface area contributed by atoms with Crippen molar-refractivity contribution < 1.29 is 0 Å². The lowest BCUT2D eigenvalue weighted by Crippen LogP contribution is -1.96. The maximum absolute atomic E-state index is 3.59. The molecule has 0 spiro atoms. The minimum absolute atomic E-state index is 1.18. The molecular formula is C12H14Br. The van der Waals surface area contributed by atoms with E-state index in [0.29, 0.717) is 0 Å². The van der Waals surface area contributed by atoms with Crippen LogP contribution < -0.4 is 0 Å². The van der Waals surface area contributed by atoms with Crippen LogP contribution in [0.2, 0.25) is 0 Å². The quantitative estimate of drug-likeness (QED) is 0.726. The van der Waals surface area contributed by atoms with Gasteiger partial charge < -0.3 is 0 Å². The Balaban J connectivity index is 2.04. The fourth-order valence-electron chi connectivity index (χ4n) is 1.96. The van der Waals surface area contributed by atoms with E-state index in [2.05, 4.69) is 40.2 Å². The van der Waals surface area contributed by atoms with Gasteiger partial charge in [-0.15, -0.1) is 0 Å². The Hall–Kier alpha value is -0.300. The molecule has 0 heterocycles. The van der Waals surface area contributed by atoms with Crippen LogP contribution in [0.25, 0.3) is 0 Å². The fraction of sp³-hybridized carbons (Fsp3) is 0.417. The molecule has 1 fully saturated rings. The van der Waals surface area contributed by atoms with Crippen LogP contribution in [0.5, 0.6) is 0 Å². The molecule has 0 aromatic heterocycles. The summed E-state index contributed by atoms with van der Waals surface area (Å²) in [4.78, 5) is 0. The highest BCUT2D eigenvalue weighted by molar-refractivity contribution is 9.10. The number of hydrogen-bond donors (Lipinski definition) is 0. The largest absolute Gasteiger partial charge is 0.0619 e. The molecule has 1 aliphatic carbocycles. The first kappa shape index (κ1) is 9.26. The molecule has 0 N–H and O–H groups in total. The van der Waals surface area contributed by atoms with Gasteiger partial charge in [-0.2, -0.15) is 0 Å². The van der Waals surface area contributed by atoms with Crippen molar-refractivity contribution in [3.05, 3.63) is 40.2 Å². The summed E-state index contributed by atoms with van der Waals surface area (Å²) in [5.41, 5.74) is 1.44. The van der Waals surface area contributed by atoms with Gasteiger partial charge >= 0.3 is 0 Å². The summed E-state index contributed by atoms with van der Waals surface area (Å²) in [5, 5.41) is 0. The topological polar surface area (TPSA) is 0 Å². The van der Waals surface area contributed by atoms with Crippen molar-refractivity contribution in [2.24, 2.45) is 0 Å². The van der Waals surface area contributed by atoms with Gasteiger partial charge in [-0.1, -0.05) is 47.0 Å². The van der Waals surface area contributed by atoms with Gasteiger partial charge in [0.25, 0.3) is 0 Å². The van der Waals surface area contributed by atoms with E-state index < -0.39 is 0 Å². The summed E-state index contributed by atoms with van der Waals surface area (Å²) < 4.78 is 1.26. The zero-order valence-electron chi connectivity index (χ0n) is 7.72. The first-order valence-electron chi connectivity index (χ1n) is 4.93. The Labute approximate surface area is 88.5 Å². The summed E-state index contributed by atoms with van der Waals surface area (Å²) in [6.07, 6.45) is 6.68. The molecule has 0 aliphatic heterocycles. The first-order chi connectivity index (χ1) is 6.36. The van der Waals surface area contributed by atoms with Gasteiger partial charge in [-0.05, 0) is 36.8 Å². The Bertz CT molecular complexity index is 274. The molecule has 13 heavy (non-hydrogen) atoms. The predicted molar refractivity (Wildman–Crippen MR) is 59.6 cm³/mol. The summed E-state index contributed by atoms with van der Waals surface area (Å²) in [6, 6.07) is 8.54. The van der Waals surface area contributed by atoms with Crippen LogP contribution in [0.3, 0.4) is 0 Å². The second kappa shape index (κ2) is 4.28. The summed E-state index contributed by atoms with van der Waals surface area (Å²) >= 11 is 3.59. The Kier molecular flexibility index (Phi) is 3.05. The van der Waals surface area contributed by atoms with Gasteiger partial charge in [0.15, 0.2) is 0 Å². The second-order valence-corrected chi connectivity index (χ2v) is 4.58. The van der Waals surface area contributed by atoms with E-state index in [-0.39, 0.29) is 0 Å². The van der Waals surface area contributed by atoms with E-state index in [1.165, 1.54) is 42.1 Å². The van der Waals surface area contributed by atoms with Gasteiger partial charge in [0, 0.05) is 4.47 Å². The average Bonchev–Trinajstić information content (AvgIpc) is 2.61. The van der Waals surface area contributed by atoms with Crippen LogP contribution in [0, 0.1) is 5.92 Å². The summed E-state index contributed by atoms with van der Waals surface area (Å²) in [7, 11) is 0. The van der Waals surface area contributed by atoms with E-state index in [1.807, 2.05) is 0 Å². The molecule has 0 bridgehead atoms. The summed E-state index contributed by atoms with van der Waals surface area (Å²) in [5.74, 6) is 1.73. The average molecular weight is 238 g/mol. The van der Waals surface area contributed by atoms with Gasteiger partial charge in [0.05, 0.1) is 0 Å². The highest BCUT2D eigenvalue weighted by atomic mass is 79.9. The zero-order valence-corrected chi connectivity index (χ0v) is 9.31. The smallest absolute Gasteiger partial charge is 0.0207 e. The third-order valence-corrected chi connectivity index (χ3v) is 3.48. The second-order valence-electron chi connectivity index (χ2n) is 3.73. The first-order valence-corrected chi connectivity index (χ1v) is 5.72. The number of halogens is 1. The Morgan fingerprint density at radius 1 is 1.08 bits per heavy atom. The molecule has 0 atom stereocenters. The fourth-order valence-corrected chi connectivity index (χ4v) is 2.39. The SMILES string of the molecule is Brc1ccccc1C[C]1CCCC1. The van der Waals surface area contributed by atoms with Gasteiger partial charge in [0.2, 0.25) is 0 Å². The maximum atomic E-state index is 3.59. The molecule has 69 valence electrons. The number of rotatable bonds is 2. The van der Waals surface area contributed by atoms with Crippen LogP contribution in [0.4, 0.5) is 0 Å². The molecule has 1 heteroatoms. The highest BCUT2D eigenvalue weighted by Crippen LogP contribution is 2.31. The molecule has 1 saturated carbocycles. The molecule has 0 unspecified atom stereocenters. The van der Waals surface area contributed by atoms with Gasteiger partial charge in [-0.3, -0.25) is 0 Å². The van der Waals surface area contributed by atoms with Crippen LogP contribution in [0.1, 0.15) is 31.2 Å². The van der Waals surface area contributed by atoms with Crippen LogP contribution in [-0.4, -0.2) is 0 Å². The minimum atomic E-state index is 1.18. The predicted octanol–water partition coefficient (Wildman–Crippen LogP) is 4.14. The molecule has 0 nitrogen and oxygen atoms in total. The van der Waals surface area contributed by atoms with Crippen LogP contribution in [0.15, 0.2) is 28.7 Å². The van der Waals surface area contributed by atoms with Crippen molar-refractivity contribution in [2.45, 2.75) is 32.1 Å². The van der Waals surface area contributed by atoms with Crippen LogP contribution in [-0.2, 0) is 6.42 Å². The molecular weight excluding hydrogens is 224 g/mol. The van der Waals surface area contributed by atoms with Crippen LogP contribution >= 0.6 is 15.9 Å². The van der Waals surface area contributed by atoms with Crippen molar-refractivity contribution in [3.63, 3.8) is 0 Å². The number of hydrogen-bond acceptors (Lipinski definition) is 0. The van der Waals surface area contributed by atoms with Crippen molar-refractivity contribution in [1.29, 1.82) is 0 Å². The minimum Gasteiger partial charge on any atom is -0.0619 e. The highest BCUT2D eigenvalue weighted by Gasteiger charge is 2.16. The van der Waals surface area contributed by atoms with Gasteiger partial charge in [0.1, 0.15) is 0 Å². The lowest BCUT2D eigenvalue weighted by atomic mass is 9.98. The van der Waals surface area contributed by atoms with Crippen molar-refractivity contribution >= 4 is 15.9 Å². The molecule has 0 saturated heterocycles. The third-order valence-electron chi connectivity index (χ3n) is 2.71.